The Hall–Kier alpha value is -2.14. The molecule has 0 bridgehead atoms. The Morgan fingerprint density at radius 2 is 1.82 bits per heavy atom. The van der Waals surface area contributed by atoms with Gasteiger partial charge in [0.25, 0.3) is 5.91 Å². The van der Waals surface area contributed by atoms with Crippen LogP contribution in [0.3, 0.4) is 0 Å². The molecular weight excluding hydrogens is 344 g/mol. The zero-order valence-corrected chi connectivity index (χ0v) is 14.0. The second-order valence-corrected chi connectivity index (χ2v) is 5.93. The van der Waals surface area contributed by atoms with Crippen LogP contribution >= 0.6 is 15.9 Å². The van der Waals surface area contributed by atoms with Crippen molar-refractivity contribution in [2.24, 2.45) is 0 Å². The average Bonchev–Trinajstić information content (AvgIpc) is 2.49. The van der Waals surface area contributed by atoms with E-state index in [2.05, 4.69) is 26.6 Å². The van der Waals surface area contributed by atoms with E-state index in [9.17, 15) is 9.59 Å². The first-order valence-corrected chi connectivity index (χ1v) is 7.69. The third-order valence-corrected chi connectivity index (χ3v) is 3.72. The summed E-state index contributed by atoms with van der Waals surface area (Å²) in [5.74, 6) is -0.536. The summed E-state index contributed by atoms with van der Waals surface area (Å²) in [5, 5.41) is 5.51. The van der Waals surface area contributed by atoms with E-state index in [0.717, 1.165) is 15.7 Å². The Kier molecular flexibility index (Phi) is 5.33. The van der Waals surface area contributed by atoms with Crippen LogP contribution in [0.25, 0.3) is 0 Å². The summed E-state index contributed by atoms with van der Waals surface area (Å²) in [6.45, 7) is 3.57. The van der Waals surface area contributed by atoms with E-state index in [1.807, 2.05) is 37.3 Å². The van der Waals surface area contributed by atoms with Crippen LogP contribution < -0.4 is 10.6 Å². The number of anilines is 1. The van der Waals surface area contributed by atoms with Gasteiger partial charge in [0.1, 0.15) is 6.04 Å². The lowest BCUT2D eigenvalue weighted by Gasteiger charge is -2.15. The highest BCUT2D eigenvalue weighted by atomic mass is 79.9. The summed E-state index contributed by atoms with van der Waals surface area (Å²) in [4.78, 5) is 24.3. The molecule has 2 N–H and O–H groups in total. The minimum absolute atomic E-state index is 0.252. The molecule has 0 aromatic heterocycles. The Labute approximate surface area is 138 Å². The Bertz CT molecular complexity index is 701. The van der Waals surface area contributed by atoms with Crippen LogP contribution in [0.5, 0.6) is 0 Å². The Balaban J connectivity index is 1.99. The van der Waals surface area contributed by atoms with Crippen molar-refractivity contribution >= 4 is 33.4 Å². The second kappa shape index (κ2) is 7.22. The second-order valence-electron chi connectivity index (χ2n) is 5.01. The molecule has 0 spiro atoms. The first-order chi connectivity index (χ1) is 10.5. The minimum atomic E-state index is -0.633. The zero-order chi connectivity index (χ0) is 16.1. The van der Waals surface area contributed by atoms with E-state index >= 15 is 0 Å². The van der Waals surface area contributed by atoms with Gasteiger partial charge in [0.15, 0.2) is 0 Å². The van der Waals surface area contributed by atoms with Crippen LogP contribution in [0.1, 0.15) is 22.8 Å². The van der Waals surface area contributed by atoms with E-state index < -0.39 is 6.04 Å². The van der Waals surface area contributed by atoms with Crippen LogP contribution in [0.2, 0.25) is 0 Å². The normalized spacial score (nSPS) is 11.6. The van der Waals surface area contributed by atoms with Gasteiger partial charge < -0.3 is 10.6 Å². The lowest BCUT2D eigenvalue weighted by molar-refractivity contribution is -0.117. The number of benzene rings is 2. The summed E-state index contributed by atoms with van der Waals surface area (Å²) >= 11 is 3.32. The quantitative estimate of drug-likeness (QED) is 0.876. The SMILES string of the molecule is Cc1ccccc1NC(=O)C(C)NC(=O)c1cccc(Br)c1. The fraction of sp³-hybridized carbons (Fsp3) is 0.176. The summed E-state index contributed by atoms with van der Waals surface area (Å²) in [6, 6.07) is 13.9. The maximum atomic E-state index is 12.2. The molecular formula is C17H17BrN2O2. The third-order valence-electron chi connectivity index (χ3n) is 3.23. The van der Waals surface area contributed by atoms with Gasteiger partial charge in [-0.1, -0.05) is 40.2 Å². The van der Waals surface area contributed by atoms with Crippen molar-refractivity contribution in [3.8, 4) is 0 Å². The predicted octanol–water partition coefficient (Wildman–Crippen LogP) is 3.51. The maximum Gasteiger partial charge on any atom is 0.251 e. The van der Waals surface area contributed by atoms with Gasteiger partial charge >= 0.3 is 0 Å². The van der Waals surface area contributed by atoms with Crippen LogP contribution in [0, 0.1) is 6.92 Å². The minimum Gasteiger partial charge on any atom is -0.341 e. The summed E-state index contributed by atoms with van der Waals surface area (Å²) in [7, 11) is 0. The summed E-state index contributed by atoms with van der Waals surface area (Å²) in [5.41, 5.74) is 2.22. The van der Waals surface area contributed by atoms with Crippen LogP contribution in [0.15, 0.2) is 53.0 Å². The molecule has 22 heavy (non-hydrogen) atoms. The maximum absolute atomic E-state index is 12.2. The molecule has 0 saturated heterocycles. The number of aryl methyl sites for hydroxylation is 1. The first kappa shape index (κ1) is 16.2. The number of hydrogen-bond acceptors (Lipinski definition) is 2. The van der Waals surface area contributed by atoms with E-state index in [0.29, 0.717) is 5.56 Å². The van der Waals surface area contributed by atoms with Gasteiger partial charge in [-0.3, -0.25) is 9.59 Å². The molecule has 1 unspecified atom stereocenters. The molecule has 1 atom stereocenters. The monoisotopic (exact) mass is 360 g/mol. The van der Waals surface area contributed by atoms with Gasteiger partial charge in [0.05, 0.1) is 0 Å². The largest absolute Gasteiger partial charge is 0.341 e. The summed E-state index contributed by atoms with van der Waals surface area (Å²) < 4.78 is 0.817. The molecule has 0 aliphatic heterocycles. The molecule has 2 amide bonds. The highest BCUT2D eigenvalue weighted by molar-refractivity contribution is 9.10. The zero-order valence-electron chi connectivity index (χ0n) is 12.4. The molecule has 0 aliphatic rings. The van der Waals surface area contributed by atoms with Crippen molar-refractivity contribution < 1.29 is 9.59 Å². The molecule has 5 heteroatoms. The molecule has 4 nitrogen and oxygen atoms in total. The van der Waals surface area contributed by atoms with Crippen molar-refractivity contribution in [3.05, 3.63) is 64.1 Å². The standard InChI is InChI=1S/C17H17BrN2O2/c1-11-6-3-4-9-15(11)20-16(21)12(2)19-17(22)13-7-5-8-14(18)10-13/h3-10,12H,1-2H3,(H,19,22)(H,20,21). The molecule has 0 radical (unpaired) electrons. The highest BCUT2D eigenvalue weighted by Gasteiger charge is 2.17. The number of para-hydroxylation sites is 1. The third kappa shape index (κ3) is 4.18. The van der Waals surface area contributed by atoms with Crippen molar-refractivity contribution in [3.63, 3.8) is 0 Å². The van der Waals surface area contributed by atoms with Gasteiger partial charge in [-0.2, -0.15) is 0 Å². The van der Waals surface area contributed by atoms with Gasteiger partial charge in [-0.15, -0.1) is 0 Å². The number of amides is 2. The summed E-state index contributed by atoms with van der Waals surface area (Å²) in [6.07, 6.45) is 0. The van der Waals surface area contributed by atoms with E-state index in [4.69, 9.17) is 0 Å². The predicted molar refractivity (Wildman–Crippen MR) is 90.9 cm³/mol. The topological polar surface area (TPSA) is 58.2 Å². The van der Waals surface area contributed by atoms with Crippen molar-refractivity contribution in [1.82, 2.24) is 5.32 Å². The first-order valence-electron chi connectivity index (χ1n) is 6.90. The number of hydrogen-bond donors (Lipinski definition) is 2. The van der Waals surface area contributed by atoms with Crippen LogP contribution in [0.4, 0.5) is 5.69 Å². The molecule has 0 aliphatic carbocycles. The van der Waals surface area contributed by atoms with E-state index in [1.54, 1.807) is 25.1 Å². The lowest BCUT2D eigenvalue weighted by atomic mass is 10.1. The van der Waals surface area contributed by atoms with Crippen molar-refractivity contribution in [2.75, 3.05) is 5.32 Å². The molecule has 2 aromatic carbocycles. The van der Waals surface area contributed by atoms with E-state index in [1.165, 1.54) is 0 Å². The van der Waals surface area contributed by atoms with E-state index in [-0.39, 0.29) is 11.8 Å². The molecule has 114 valence electrons. The van der Waals surface area contributed by atoms with Gasteiger partial charge in [0, 0.05) is 15.7 Å². The fourth-order valence-electron chi connectivity index (χ4n) is 1.93. The lowest BCUT2D eigenvalue weighted by Crippen LogP contribution is -2.41. The number of halogens is 1. The molecule has 2 aromatic rings. The number of carbonyl (C=O) groups is 2. The van der Waals surface area contributed by atoms with Crippen LogP contribution in [-0.2, 0) is 4.79 Å². The number of nitrogens with one attached hydrogen (secondary N) is 2. The Morgan fingerprint density at radius 3 is 2.50 bits per heavy atom. The molecule has 2 rings (SSSR count). The van der Waals surface area contributed by atoms with Gasteiger partial charge in [-0.25, -0.2) is 0 Å². The van der Waals surface area contributed by atoms with Gasteiger partial charge in [-0.05, 0) is 43.7 Å². The van der Waals surface area contributed by atoms with Crippen molar-refractivity contribution in [2.45, 2.75) is 19.9 Å². The smallest absolute Gasteiger partial charge is 0.251 e. The van der Waals surface area contributed by atoms with Crippen molar-refractivity contribution in [1.29, 1.82) is 0 Å². The van der Waals surface area contributed by atoms with Gasteiger partial charge in [0.2, 0.25) is 5.91 Å². The van der Waals surface area contributed by atoms with Crippen LogP contribution in [-0.4, -0.2) is 17.9 Å². The highest BCUT2D eigenvalue weighted by Crippen LogP contribution is 2.14. The molecule has 0 heterocycles. The number of rotatable bonds is 4. The molecule has 0 saturated carbocycles. The average molecular weight is 361 g/mol. The molecule has 0 fully saturated rings. The fourth-order valence-corrected chi connectivity index (χ4v) is 2.33. The number of carbonyl (C=O) groups excluding carboxylic acids is 2. The Morgan fingerprint density at radius 1 is 1.09 bits per heavy atom.